The highest BCUT2D eigenvalue weighted by Crippen LogP contribution is 2.22. The Labute approximate surface area is 119 Å². The van der Waals surface area contributed by atoms with Crippen LogP contribution in [0.25, 0.3) is 0 Å². The molecule has 0 fully saturated rings. The van der Waals surface area contributed by atoms with Crippen LogP contribution in [0.2, 0.25) is 0 Å². The molecule has 0 heterocycles. The van der Waals surface area contributed by atoms with Gasteiger partial charge in [-0.25, -0.2) is 13.6 Å². The molecule has 0 spiro atoms. The molecular formula is C13H15F2NO3S. The second-order valence-corrected chi connectivity index (χ2v) is 5.51. The predicted molar refractivity (Wildman–Crippen MR) is 71.5 cm³/mol. The van der Waals surface area contributed by atoms with Crippen molar-refractivity contribution in [2.24, 2.45) is 5.92 Å². The minimum absolute atomic E-state index is 0.137. The fraction of sp³-hybridized carbons (Fsp3) is 0.385. The van der Waals surface area contributed by atoms with Crippen molar-refractivity contribution >= 4 is 23.6 Å². The lowest BCUT2D eigenvalue weighted by Crippen LogP contribution is -2.45. The number of rotatable bonds is 6. The second kappa shape index (κ2) is 7.23. The topological polar surface area (TPSA) is 66.4 Å². The van der Waals surface area contributed by atoms with Gasteiger partial charge in [0.15, 0.2) is 0 Å². The Kier molecular flexibility index (Phi) is 5.94. The first-order chi connectivity index (χ1) is 9.31. The van der Waals surface area contributed by atoms with Crippen LogP contribution in [-0.4, -0.2) is 28.8 Å². The van der Waals surface area contributed by atoms with Crippen molar-refractivity contribution < 1.29 is 23.5 Å². The molecule has 0 bridgehead atoms. The number of halogens is 2. The molecule has 0 aliphatic heterocycles. The first kappa shape index (κ1) is 16.4. The molecule has 0 saturated carbocycles. The summed E-state index contributed by atoms with van der Waals surface area (Å²) in [6.45, 7) is 3.34. The van der Waals surface area contributed by atoms with Crippen LogP contribution in [0.15, 0.2) is 23.1 Å². The molecule has 0 aromatic heterocycles. The van der Waals surface area contributed by atoms with Crippen molar-refractivity contribution in [3.8, 4) is 0 Å². The molecule has 110 valence electrons. The van der Waals surface area contributed by atoms with Gasteiger partial charge in [-0.2, -0.15) is 0 Å². The van der Waals surface area contributed by atoms with Crippen molar-refractivity contribution in [3.05, 3.63) is 29.8 Å². The number of thioether (sulfide) groups is 1. The van der Waals surface area contributed by atoms with Crippen molar-refractivity contribution in [3.63, 3.8) is 0 Å². The van der Waals surface area contributed by atoms with Gasteiger partial charge in [-0.3, -0.25) is 4.79 Å². The third kappa shape index (κ3) is 4.80. The Hall–Kier alpha value is -1.63. The Morgan fingerprint density at radius 3 is 2.50 bits per heavy atom. The van der Waals surface area contributed by atoms with Crippen LogP contribution in [-0.2, 0) is 9.59 Å². The number of carboxylic acid groups (broad SMARTS) is 1. The summed E-state index contributed by atoms with van der Waals surface area (Å²) in [5.74, 6) is -3.47. The van der Waals surface area contributed by atoms with Gasteiger partial charge in [0.25, 0.3) is 0 Å². The van der Waals surface area contributed by atoms with E-state index in [1.54, 1.807) is 13.8 Å². The molecule has 0 aliphatic carbocycles. The lowest BCUT2D eigenvalue weighted by atomic mass is 10.1. The number of carbonyl (C=O) groups excluding carboxylic acids is 1. The van der Waals surface area contributed by atoms with E-state index in [4.69, 9.17) is 5.11 Å². The fourth-order valence-electron chi connectivity index (χ4n) is 1.46. The van der Waals surface area contributed by atoms with Crippen molar-refractivity contribution in [1.82, 2.24) is 5.32 Å². The number of benzene rings is 1. The highest BCUT2D eigenvalue weighted by Gasteiger charge is 2.23. The average molecular weight is 303 g/mol. The van der Waals surface area contributed by atoms with Crippen LogP contribution in [0.1, 0.15) is 13.8 Å². The highest BCUT2D eigenvalue weighted by molar-refractivity contribution is 8.00. The van der Waals surface area contributed by atoms with Gasteiger partial charge < -0.3 is 10.4 Å². The number of amides is 1. The lowest BCUT2D eigenvalue weighted by molar-refractivity contribution is -0.142. The van der Waals surface area contributed by atoms with Crippen LogP contribution in [0, 0.1) is 17.6 Å². The molecular weight excluding hydrogens is 288 g/mol. The summed E-state index contributed by atoms with van der Waals surface area (Å²) in [5, 5.41) is 11.3. The van der Waals surface area contributed by atoms with Gasteiger partial charge in [-0.1, -0.05) is 13.8 Å². The fourth-order valence-corrected chi connectivity index (χ4v) is 2.20. The first-order valence-electron chi connectivity index (χ1n) is 5.91. The quantitative estimate of drug-likeness (QED) is 0.791. The molecule has 1 atom stereocenters. The van der Waals surface area contributed by atoms with E-state index in [1.165, 1.54) is 6.07 Å². The van der Waals surface area contributed by atoms with E-state index in [0.29, 0.717) is 0 Å². The molecule has 1 aromatic rings. The van der Waals surface area contributed by atoms with Gasteiger partial charge in [0.2, 0.25) is 5.91 Å². The van der Waals surface area contributed by atoms with E-state index < -0.39 is 29.6 Å². The normalized spacial score (nSPS) is 12.2. The van der Waals surface area contributed by atoms with E-state index in [2.05, 4.69) is 5.32 Å². The van der Waals surface area contributed by atoms with E-state index in [0.717, 1.165) is 23.9 Å². The number of aliphatic carboxylic acids is 1. The highest BCUT2D eigenvalue weighted by atomic mass is 32.2. The molecule has 1 aromatic carbocycles. The summed E-state index contributed by atoms with van der Waals surface area (Å²) in [5.41, 5.74) is 0. The van der Waals surface area contributed by atoms with Crippen molar-refractivity contribution in [2.75, 3.05) is 5.75 Å². The largest absolute Gasteiger partial charge is 0.480 e. The Bertz CT molecular complexity index is 508. The van der Waals surface area contributed by atoms with E-state index in [1.807, 2.05) is 0 Å². The summed E-state index contributed by atoms with van der Waals surface area (Å²) in [7, 11) is 0. The third-order valence-corrected chi connectivity index (χ3v) is 3.55. The Morgan fingerprint density at radius 1 is 1.35 bits per heavy atom. The summed E-state index contributed by atoms with van der Waals surface area (Å²) < 4.78 is 26.0. The standard InChI is InChI=1S/C13H15F2NO3S/c1-7(2)12(13(18)19)16-11(17)6-20-10-4-3-8(14)5-9(10)15/h3-5,7,12H,6H2,1-2H3,(H,16,17)(H,18,19)/t12-/m1/s1. The number of carboxylic acids is 1. The van der Waals surface area contributed by atoms with Crippen LogP contribution in [0.3, 0.4) is 0 Å². The number of hydrogen-bond donors (Lipinski definition) is 2. The van der Waals surface area contributed by atoms with Crippen molar-refractivity contribution in [1.29, 1.82) is 0 Å². The van der Waals surface area contributed by atoms with Crippen LogP contribution >= 0.6 is 11.8 Å². The summed E-state index contributed by atoms with van der Waals surface area (Å²) in [6.07, 6.45) is 0. The Morgan fingerprint density at radius 2 is 2.00 bits per heavy atom. The number of carbonyl (C=O) groups is 2. The molecule has 0 aliphatic rings. The van der Waals surface area contributed by atoms with E-state index in [9.17, 15) is 18.4 Å². The molecule has 4 nitrogen and oxygen atoms in total. The third-order valence-electron chi connectivity index (χ3n) is 2.50. The monoisotopic (exact) mass is 303 g/mol. The van der Waals surface area contributed by atoms with Gasteiger partial charge >= 0.3 is 5.97 Å². The van der Waals surface area contributed by atoms with E-state index in [-0.39, 0.29) is 16.6 Å². The zero-order valence-corrected chi connectivity index (χ0v) is 11.8. The molecule has 2 N–H and O–H groups in total. The second-order valence-electron chi connectivity index (χ2n) is 4.49. The maximum atomic E-state index is 13.3. The minimum atomic E-state index is -1.12. The molecule has 1 amide bonds. The molecule has 20 heavy (non-hydrogen) atoms. The van der Waals surface area contributed by atoms with Gasteiger partial charge in [-0.05, 0) is 18.1 Å². The predicted octanol–water partition coefficient (Wildman–Crippen LogP) is 2.28. The van der Waals surface area contributed by atoms with Gasteiger partial charge in [0, 0.05) is 11.0 Å². The first-order valence-corrected chi connectivity index (χ1v) is 6.90. The summed E-state index contributed by atoms with van der Waals surface area (Å²) >= 11 is 0.883. The smallest absolute Gasteiger partial charge is 0.326 e. The van der Waals surface area contributed by atoms with E-state index >= 15 is 0 Å². The molecule has 0 saturated heterocycles. The zero-order valence-electron chi connectivity index (χ0n) is 11.0. The average Bonchev–Trinajstić information content (AvgIpc) is 2.34. The van der Waals surface area contributed by atoms with Gasteiger partial charge in [-0.15, -0.1) is 11.8 Å². The number of hydrogen-bond acceptors (Lipinski definition) is 3. The molecule has 7 heteroatoms. The lowest BCUT2D eigenvalue weighted by Gasteiger charge is -2.17. The minimum Gasteiger partial charge on any atom is -0.480 e. The molecule has 1 rings (SSSR count). The van der Waals surface area contributed by atoms with Gasteiger partial charge in [0.05, 0.1) is 5.75 Å². The van der Waals surface area contributed by atoms with Crippen LogP contribution in [0.4, 0.5) is 8.78 Å². The van der Waals surface area contributed by atoms with Crippen LogP contribution in [0.5, 0.6) is 0 Å². The zero-order chi connectivity index (χ0) is 15.3. The number of nitrogens with one attached hydrogen (secondary N) is 1. The molecule has 0 unspecified atom stereocenters. The van der Waals surface area contributed by atoms with Crippen molar-refractivity contribution in [2.45, 2.75) is 24.8 Å². The van der Waals surface area contributed by atoms with Crippen LogP contribution < -0.4 is 5.32 Å². The van der Waals surface area contributed by atoms with Gasteiger partial charge in [0.1, 0.15) is 17.7 Å². The SMILES string of the molecule is CC(C)[C@@H](NC(=O)CSc1ccc(F)cc1F)C(=O)O. The summed E-state index contributed by atoms with van der Waals surface area (Å²) in [4.78, 5) is 22.7. The summed E-state index contributed by atoms with van der Waals surface area (Å²) in [6, 6.07) is 2.08. The Balaban J connectivity index is 2.57. The maximum absolute atomic E-state index is 13.3. The maximum Gasteiger partial charge on any atom is 0.326 e. The molecule has 0 radical (unpaired) electrons.